The Kier molecular flexibility index (Phi) is 4.09. The summed E-state index contributed by atoms with van der Waals surface area (Å²) >= 11 is 0. The van der Waals surface area contributed by atoms with E-state index in [1.165, 1.54) is 7.11 Å². The molecule has 0 aliphatic heterocycles. The third-order valence-electron chi connectivity index (χ3n) is 2.25. The van der Waals surface area contributed by atoms with Crippen molar-refractivity contribution < 1.29 is 14.6 Å². The van der Waals surface area contributed by atoms with Crippen molar-refractivity contribution in [2.75, 3.05) is 7.11 Å². The Bertz CT molecular complexity index is 321. The van der Waals surface area contributed by atoms with Crippen LogP contribution in [0.5, 0.6) is 5.88 Å². The van der Waals surface area contributed by atoms with Crippen molar-refractivity contribution in [3.63, 3.8) is 0 Å². The molecule has 1 heterocycles. The lowest BCUT2D eigenvalue weighted by Gasteiger charge is -2.11. The van der Waals surface area contributed by atoms with Gasteiger partial charge in [-0.1, -0.05) is 19.4 Å². The minimum absolute atomic E-state index is 0.464. The van der Waals surface area contributed by atoms with E-state index in [4.69, 9.17) is 9.84 Å². The lowest BCUT2D eigenvalue weighted by molar-refractivity contribution is -0.139. The van der Waals surface area contributed by atoms with Crippen LogP contribution in [0, 0.1) is 0 Å². The Morgan fingerprint density at radius 3 is 2.73 bits per heavy atom. The van der Waals surface area contributed by atoms with Gasteiger partial charge in [-0.2, -0.15) is 0 Å². The van der Waals surface area contributed by atoms with Crippen LogP contribution in [0.1, 0.15) is 31.2 Å². The summed E-state index contributed by atoms with van der Waals surface area (Å²) in [6.45, 7) is 1.97. The highest BCUT2D eigenvalue weighted by Crippen LogP contribution is 2.22. The molecule has 0 saturated carbocycles. The van der Waals surface area contributed by atoms with Crippen LogP contribution in [0.25, 0.3) is 0 Å². The van der Waals surface area contributed by atoms with E-state index in [9.17, 15) is 4.79 Å². The van der Waals surface area contributed by atoms with Crippen LogP contribution in [0.2, 0.25) is 0 Å². The second-order valence-corrected chi connectivity index (χ2v) is 3.31. The number of aliphatic carboxylic acids is 1. The summed E-state index contributed by atoms with van der Waals surface area (Å²) < 4.78 is 4.91. The van der Waals surface area contributed by atoms with E-state index in [-0.39, 0.29) is 0 Å². The Hall–Kier alpha value is -1.58. The van der Waals surface area contributed by atoms with Crippen molar-refractivity contribution in [2.24, 2.45) is 0 Å². The number of ether oxygens (including phenoxy) is 1. The summed E-state index contributed by atoms with van der Waals surface area (Å²) in [5, 5.41) is 9.03. The normalized spacial score (nSPS) is 12.1. The highest BCUT2D eigenvalue weighted by molar-refractivity contribution is 5.75. The van der Waals surface area contributed by atoms with Crippen LogP contribution in [0.4, 0.5) is 0 Å². The lowest BCUT2D eigenvalue weighted by Crippen LogP contribution is -2.11. The van der Waals surface area contributed by atoms with Crippen LogP contribution in [-0.4, -0.2) is 23.2 Å². The summed E-state index contributed by atoms with van der Waals surface area (Å²) in [7, 11) is 1.53. The van der Waals surface area contributed by atoms with Gasteiger partial charge in [-0.3, -0.25) is 4.79 Å². The van der Waals surface area contributed by atoms with Gasteiger partial charge in [0.05, 0.1) is 13.0 Å². The first-order valence-corrected chi connectivity index (χ1v) is 4.91. The first kappa shape index (κ1) is 11.5. The molecule has 1 aromatic heterocycles. The maximum atomic E-state index is 11.0. The minimum atomic E-state index is -0.802. The Balaban J connectivity index is 2.86. The van der Waals surface area contributed by atoms with Crippen molar-refractivity contribution in [1.82, 2.24) is 4.98 Å². The fourth-order valence-corrected chi connectivity index (χ4v) is 1.44. The molecule has 0 amide bonds. The molecule has 1 N–H and O–H groups in total. The predicted octanol–water partition coefficient (Wildman–Crippen LogP) is 2.06. The van der Waals surface area contributed by atoms with Crippen LogP contribution < -0.4 is 4.74 Å². The van der Waals surface area contributed by atoms with E-state index in [1.807, 2.05) is 6.92 Å². The summed E-state index contributed by atoms with van der Waals surface area (Å²) in [6, 6.07) is 3.43. The highest BCUT2D eigenvalue weighted by atomic mass is 16.5. The van der Waals surface area contributed by atoms with Crippen molar-refractivity contribution in [3.8, 4) is 5.88 Å². The molecule has 4 nitrogen and oxygen atoms in total. The molecule has 0 aliphatic rings. The number of carboxylic acids is 1. The van der Waals surface area contributed by atoms with Crippen LogP contribution >= 0.6 is 0 Å². The maximum Gasteiger partial charge on any atom is 0.311 e. The van der Waals surface area contributed by atoms with E-state index in [0.717, 1.165) is 12.0 Å². The zero-order valence-corrected chi connectivity index (χ0v) is 8.93. The summed E-state index contributed by atoms with van der Waals surface area (Å²) in [5.41, 5.74) is 0.727. The van der Waals surface area contributed by atoms with E-state index >= 15 is 0 Å². The average molecular weight is 209 g/mol. The standard InChI is InChI=1S/C11H15NO3/c1-3-4-9(11(13)14)8-5-6-10(15-2)12-7-8/h5-7,9H,3-4H2,1-2H3,(H,13,14). The third-order valence-corrected chi connectivity index (χ3v) is 2.25. The molecular weight excluding hydrogens is 194 g/mol. The number of carboxylic acid groups (broad SMARTS) is 1. The van der Waals surface area contributed by atoms with Crippen LogP contribution in [0.3, 0.4) is 0 Å². The first-order chi connectivity index (χ1) is 7.19. The van der Waals surface area contributed by atoms with Crippen molar-refractivity contribution in [2.45, 2.75) is 25.7 Å². The first-order valence-electron chi connectivity index (χ1n) is 4.91. The van der Waals surface area contributed by atoms with Gasteiger partial charge in [0.1, 0.15) is 0 Å². The molecule has 0 bridgehead atoms. The van der Waals surface area contributed by atoms with Crippen molar-refractivity contribution >= 4 is 5.97 Å². The number of nitrogens with zero attached hydrogens (tertiary/aromatic N) is 1. The number of methoxy groups -OCH3 is 1. The second kappa shape index (κ2) is 5.34. The molecule has 1 aromatic rings. The van der Waals surface area contributed by atoms with Crippen molar-refractivity contribution in [1.29, 1.82) is 0 Å². The molecule has 4 heteroatoms. The summed E-state index contributed by atoms with van der Waals surface area (Å²) in [6.07, 6.45) is 3.03. The number of carbonyl (C=O) groups is 1. The lowest BCUT2D eigenvalue weighted by atomic mass is 9.96. The molecule has 82 valence electrons. The molecular formula is C11H15NO3. The third kappa shape index (κ3) is 2.94. The molecule has 1 rings (SSSR count). The van der Waals surface area contributed by atoms with Gasteiger partial charge in [0.15, 0.2) is 0 Å². The minimum Gasteiger partial charge on any atom is -0.481 e. The van der Waals surface area contributed by atoms with Crippen molar-refractivity contribution in [3.05, 3.63) is 23.9 Å². The van der Waals surface area contributed by atoms with Gasteiger partial charge in [-0.15, -0.1) is 0 Å². The fourth-order valence-electron chi connectivity index (χ4n) is 1.44. The Morgan fingerprint density at radius 2 is 2.33 bits per heavy atom. The second-order valence-electron chi connectivity index (χ2n) is 3.31. The molecule has 1 unspecified atom stereocenters. The van der Waals surface area contributed by atoms with Gasteiger partial charge >= 0.3 is 5.97 Å². The van der Waals surface area contributed by atoms with Gasteiger partial charge in [0.2, 0.25) is 5.88 Å². The van der Waals surface area contributed by atoms with Crippen LogP contribution in [0.15, 0.2) is 18.3 Å². The van der Waals surface area contributed by atoms with Gasteiger partial charge in [0, 0.05) is 12.3 Å². The molecule has 0 aromatic carbocycles. The largest absolute Gasteiger partial charge is 0.481 e. The average Bonchev–Trinajstić information content (AvgIpc) is 2.26. The summed E-state index contributed by atoms with van der Waals surface area (Å²) in [5.74, 6) is -0.767. The monoisotopic (exact) mass is 209 g/mol. The Morgan fingerprint density at radius 1 is 1.60 bits per heavy atom. The quantitative estimate of drug-likeness (QED) is 0.806. The van der Waals surface area contributed by atoms with E-state index in [0.29, 0.717) is 12.3 Å². The maximum absolute atomic E-state index is 11.0. The van der Waals surface area contributed by atoms with E-state index < -0.39 is 11.9 Å². The molecule has 0 aliphatic carbocycles. The number of hydrogen-bond donors (Lipinski definition) is 1. The zero-order chi connectivity index (χ0) is 11.3. The number of hydrogen-bond acceptors (Lipinski definition) is 3. The smallest absolute Gasteiger partial charge is 0.311 e. The zero-order valence-electron chi connectivity index (χ0n) is 8.93. The number of pyridine rings is 1. The SMILES string of the molecule is CCCC(C(=O)O)c1ccc(OC)nc1. The van der Waals surface area contributed by atoms with E-state index in [1.54, 1.807) is 18.3 Å². The molecule has 15 heavy (non-hydrogen) atoms. The number of rotatable bonds is 5. The van der Waals surface area contributed by atoms with E-state index in [2.05, 4.69) is 4.98 Å². The molecule has 0 fully saturated rings. The highest BCUT2D eigenvalue weighted by Gasteiger charge is 2.18. The predicted molar refractivity (Wildman–Crippen MR) is 56.1 cm³/mol. The van der Waals surface area contributed by atoms with Gasteiger partial charge in [-0.05, 0) is 12.0 Å². The fraction of sp³-hybridized carbons (Fsp3) is 0.455. The molecule has 0 spiro atoms. The van der Waals surface area contributed by atoms with Crippen LogP contribution in [-0.2, 0) is 4.79 Å². The summed E-state index contributed by atoms with van der Waals surface area (Å²) in [4.78, 5) is 15.0. The van der Waals surface area contributed by atoms with Gasteiger partial charge in [0.25, 0.3) is 0 Å². The Labute approximate surface area is 88.9 Å². The molecule has 1 atom stereocenters. The van der Waals surface area contributed by atoms with Gasteiger partial charge in [-0.25, -0.2) is 4.98 Å². The topological polar surface area (TPSA) is 59.4 Å². The molecule has 0 radical (unpaired) electrons. The van der Waals surface area contributed by atoms with Gasteiger partial charge < -0.3 is 9.84 Å². The number of aromatic nitrogens is 1. The molecule has 0 saturated heterocycles.